The number of piperidine rings is 2. The molecule has 6 unspecified atom stereocenters. The molecule has 8 nitrogen and oxygen atoms in total. The van der Waals surface area contributed by atoms with Crippen molar-refractivity contribution in [2.75, 3.05) is 39.7 Å². The van der Waals surface area contributed by atoms with Crippen molar-refractivity contribution in [3.8, 4) is 0 Å². The molecule has 14 rings (SSSR count). The van der Waals surface area contributed by atoms with Crippen molar-refractivity contribution < 1.29 is 0 Å². The predicted octanol–water partition coefficient (Wildman–Crippen LogP) is 16.1. The van der Waals surface area contributed by atoms with E-state index in [9.17, 15) is 0 Å². The highest BCUT2D eigenvalue weighted by Crippen LogP contribution is 2.52. The normalized spacial score (nSPS) is 21.4. The zero-order chi connectivity index (χ0) is 51.2. The lowest BCUT2D eigenvalue weighted by molar-refractivity contribution is 0.308. The van der Waals surface area contributed by atoms with E-state index in [2.05, 4.69) is 279 Å². The molecular weight excluding hydrogens is 941 g/mol. The van der Waals surface area contributed by atoms with Crippen LogP contribution in [0.5, 0.6) is 0 Å². The fourth-order valence-electron chi connectivity index (χ4n) is 13.4. The third kappa shape index (κ3) is 8.62. The van der Waals surface area contributed by atoms with E-state index >= 15 is 0 Å². The molecule has 2 saturated heterocycles. The van der Waals surface area contributed by atoms with Gasteiger partial charge in [-0.3, -0.25) is 15.6 Å². The zero-order valence-electron chi connectivity index (χ0n) is 43.6. The summed E-state index contributed by atoms with van der Waals surface area (Å²) < 4.78 is 0. The summed E-state index contributed by atoms with van der Waals surface area (Å²) in [7, 11) is 2.23. The number of anilines is 10. The van der Waals surface area contributed by atoms with Crippen molar-refractivity contribution in [2.45, 2.75) is 68.4 Å². The second kappa shape index (κ2) is 20.3. The smallest absolute Gasteiger partial charge is 0.131 e. The number of para-hydroxylation sites is 4. The van der Waals surface area contributed by atoms with Gasteiger partial charge in [-0.1, -0.05) is 127 Å². The summed E-state index contributed by atoms with van der Waals surface area (Å²) in [6.45, 7) is 2.03. The van der Waals surface area contributed by atoms with Crippen LogP contribution in [0.1, 0.15) is 83.8 Å². The highest BCUT2D eigenvalue weighted by Gasteiger charge is 2.43. The Hall–Kier alpha value is -8.43. The number of hydrogen-bond donors (Lipinski definition) is 2. The summed E-state index contributed by atoms with van der Waals surface area (Å²) in [5.74, 6) is 1.80. The fourth-order valence-corrected chi connectivity index (χ4v) is 13.4. The molecule has 2 N–H and O–H groups in total. The van der Waals surface area contributed by atoms with Crippen molar-refractivity contribution in [1.29, 1.82) is 0 Å². The highest BCUT2D eigenvalue weighted by atomic mass is 15.3. The van der Waals surface area contributed by atoms with Crippen LogP contribution in [0.4, 0.5) is 56.9 Å². The summed E-state index contributed by atoms with van der Waals surface area (Å²) in [6.07, 6.45) is 5.89. The number of amidine groups is 1. The summed E-state index contributed by atoms with van der Waals surface area (Å²) in [5, 5.41) is 7.91. The molecule has 0 spiro atoms. The molecule has 0 aliphatic carbocycles. The first-order chi connectivity index (χ1) is 38.1. The van der Waals surface area contributed by atoms with Gasteiger partial charge in [-0.2, -0.15) is 0 Å². The average Bonchev–Trinajstić information content (AvgIpc) is 4.02. The Morgan fingerprint density at radius 2 is 0.831 bits per heavy atom. The van der Waals surface area contributed by atoms with Crippen LogP contribution >= 0.6 is 0 Å². The molecule has 0 radical (unpaired) electrons. The van der Waals surface area contributed by atoms with E-state index in [4.69, 9.17) is 4.99 Å². The number of hydrogen-bond acceptors (Lipinski definition) is 8. The number of aliphatic imine (C=N–C) groups is 1. The molecule has 0 aromatic heterocycles. The van der Waals surface area contributed by atoms with Crippen LogP contribution in [0.15, 0.2) is 242 Å². The fraction of sp³-hybridized carbons (Fsp3) is 0.203. The molecule has 9 aromatic carbocycles. The minimum atomic E-state index is -0.0192. The molecule has 5 aliphatic rings. The molecular formula is C69H64N8. The van der Waals surface area contributed by atoms with Gasteiger partial charge >= 0.3 is 0 Å². The van der Waals surface area contributed by atoms with E-state index in [-0.39, 0.29) is 24.4 Å². The van der Waals surface area contributed by atoms with Gasteiger partial charge in [0.25, 0.3) is 0 Å². The zero-order valence-corrected chi connectivity index (χ0v) is 43.6. The van der Waals surface area contributed by atoms with Crippen LogP contribution in [-0.2, 0) is 0 Å². The highest BCUT2D eigenvalue weighted by molar-refractivity contribution is 5.99. The summed E-state index contributed by atoms with van der Waals surface area (Å²) in [4.78, 5) is 17.9. The lowest BCUT2D eigenvalue weighted by Crippen LogP contribution is -2.46. The van der Waals surface area contributed by atoms with Gasteiger partial charge in [-0.15, -0.1) is 0 Å². The van der Waals surface area contributed by atoms with E-state index in [1.54, 1.807) is 0 Å². The Morgan fingerprint density at radius 1 is 0.429 bits per heavy atom. The van der Waals surface area contributed by atoms with Crippen molar-refractivity contribution in [2.24, 2.45) is 4.99 Å². The van der Waals surface area contributed by atoms with Gasteiger partial charge in [0.05, 0.1) is 24.4 Å². The van der Waals surface area contributed by atoms with Crippen LogP contribution < -0.4 is 30.2 Å². The van der Waals surface area contributed by atoms with Gasteiger partial charge in [-0.05, 0) is 177 Å². The molecule has 2 fully saturated rings. The van der Waals surface area contributed by atoms with Crippen LogP contribution in [-0.4, -0.2) is 43.2 Å². The van der Waals surface area contributed by atoms with Crippen LogP contribution in [0.25, 0.3) is 0 Å². The SMILES string of the molecule is CN1C(c2ccccc2)=NC(c2ccc(N3c4ccc(N(c5ccccc5)c5ccccc5)cc4C4CCCNC43)cc2)CC1c1ccc(N2c3ccc(N(c4ccccc4)c4ccccc4)cc3C3CCCNC32)cc1. The average molecular weight is 1010 g/mol. The van der Waals surface area contributed by atoms with Crippen LogP contribution in [0, 0.1) is 0 Å². The molecule has 0 bridgehead atoms. The Kier molecular flexibility index (Phi) is 12.4. The van der Waals surface area contributed by atoms with Crippen molar-refractivity contribution in [1.82, 2.24) is 15.5 Å². The Bertz CT molecular complexity index is 3440. The summed E-state index contributed by atoms with van der Waals surface area (Å²) in [5.41, 5.74) is 18.5. The maximum Gasteiger partial charge on any atom is 0.131 e. The Morgan fingerprint density at radius 3 is 1.26 bits per heavy atom. The van der Waals surface area contributed by atoms with E-state index in [0.717, 1.165) is 79.3 Å². The first kappa shape index (κ1) is 47.1. The predicted molar refractivity (Wildman–Crippen MR) is 318 cm³/mol. The van der Waals surface area contributed by atoms with Gasteiger partial charge in [0, 0.05) is 81.3 Å². The molecule has 0 saturated carbocycles. The summed E-state index contributed by atoms with van der Waals surface area (Å²) in [6, 6.07) is 86.9. The maximum atomic E-state index is 5.58. The lowest BCUT2D eigenvalue weighted by atomic mass is 9.90. The van der Waals surface area contributed by atoms with Gasteiger partial charge in [0.2, 0.25) is 0 Å². The molecule has 6 atom stereocenters. The second-order valence-corrected chi connectivity index (χ2v) is 21.4. The quantitative estimate of drug-likeness (QED) is 0.134. The van der Waals surface area contributed by atoms with Crippen LogP contribution in [0.3, 0.4) is 0 Å². The van der Waals surface area contributed by atoms with Gasteiger partial charge in [0.15, 0.2) is 0 Å². The van der Waals surface area contributed by atoms with Crippen molar-refractivity contribution in [3.05, 3.63) is 264 Å². The molecule has 9 aromatic rings. The first-order valence-electron chi connectivity index (χ1n) is 27.8. The third-order valence-electron chi connectivity index (χ3n) is 17.0. The van der Waals surface area contributed by atoms with Crippen LogP contribution in [0.2, 0.25) is 0 Å². The third-order valence-corrected chi connectivity index (χ3v) is 17.0. The molecule has 8 heteroatoms. The Labute approximate surface area is 453 Å². The molecule has 5 aliphatic heterocycles. The standard InChI is InChI=1S/C69H64N8/c1-73-66(49-33-37-56(38-34-49)77-65-42-40-58(46-62(65)60-30-18-44-71-69(60)77)75(53-25-13-5-14-26-53)54-27-15-6-16-28-54)47-63(72-67(73)50-19-7-2-8-20-50)48-31-35-55(36-32-48)76-64-41-39-57(45-61(64)59-29-17-43-70-68(59)76)74(51-21-9-3-10-22-51)52-23-11-4-12-24-52/h2-16,19-28,31-42,45-46,59-60,63,66,68-71H,17-18,29-30,43-44,47H2,1H3. The van der Waals surface area contributed by atoms with E-state index in [0.29, 0.717) is 11.8 Å². The molecule has 5 heterocycles. The first-order valence-corrected chi connectivity index (χ1v) is 27.8. The number of nitrogens with one attached hydrogen (secondary N) is 2. The molecule has 0 amide bonds. The second-order valence-electron chi connectivity index (χ2n) is 21.4. The number of fused-ring (bicyclic) bond motifs is 6. The number of nitrogens with zero attached hydrogens (tertiary/aromatic N) is 6. The van der Waals surface area contributed by atoms with Crippen molar-refractivity contribution >= 4 is 62.7 Å². The monoisotopic (exact) mass is 1000 g/mol. The minimum absolute atomic E-state index is 0.0192. The number of rotatable bonds is 11. The number of benzene rings is 9. The summed E-state index contributed by atoms with van der Waals surface area (Å²) >= 11 is 0. The maximum absolute atomic E-state index is 5.58. The van der Waals surface area contributed by atoms with E-state index in [1.165, 1.54) is 56.4 Å². The molecule has 77 heavy (non-hydrogen) atoms. The van der Waals surface area contributed by atoms with Gasteiger partial charge < -0.3 is 24.5 Å². The lowest BCUT2D eigenvalue weighted by Gasteiger charge is -2.39. The van der Waals surface area contributed by atoms with Gasteiger partial charge in [-0.25, -0.2) is 0 Å². The minimum Gasteiger partial charge on any atom is -0.352 e. The van der Waals surface area contributed by atoms with E-state index in [1.807, 2.05) is 0 Å². The molecule has 380 valence electrons. The topological polar surface area (TPSA) is 52.6 Å². The van der Waals surface area contributed by atoms with E-state index < -0.39 is 0 Å². The van der Waals surface area contributed by atoms with Gasteiger partial charge in [0.1, 0.15) is 5.84 Å². The van der Waals surface area contributed by atoms with Crippen molar-refractivity contribution in [3.63, 3.8) is 0 Å². The largest absolute Gasteiger partial charge is 0.352 e. The Balaban J connectivity index is 0.764.